The molecule has 3 aromatic rings. The van der Waals surface area contributed by atoms with Gasteiger partial charge in [0.2, 0.25) is 23.6 Å². The van der Waals surface area contributed by atoms with Crippen LogP contribution in [0.15, 0.2) is 52.9 Å². The quantitative estimate of drug-likeness (QED) is 0.609. The first-order valence-electron chi connectivity index (χ1n) is 10.1. The number of nitrogens with zero attached hydrogens (tertiary/aromatic N) is 4. The summed E-state index contributed by atoms with van der Waals surface area (Å²) in [4.78, 5) is 28.3. The SMILES string of the molecule is Cc1ccc(-c2nnc(CCC(=O)N(C)C3CCN(c4ccccc4F)C3=O)o2)cc1. The van der Waals surface area contributed by atoms with Crippen molar-refractivity contribution in [1.29, 1.82) is 0 Å². The van der Waals surface area contributed by atoms with E-state index in [0.29, 0.717) is 24.7 Å². The molecule has 0 N–H and O–H groups in total. The minimum Gasteiger partial charge on any atom is -0.421 e. The van der Waals surface area contributed by atoms with Gasteiger partial charge < -0.3 is 14.2 Å². The first-order valence-corrected chi connectivity index (χ1v) is 10.1. The summed E-state index contributed by atoms with van der Waals surface area (Å²) in [7, 11) is 1.60. The fourth-order valence-electron chi connectivity index (χ4n) is 3.67. The highest BCUT2D eigenvalue weighted by atomic mass is 19.1. The molecule has 0 spiro atoms. The van der Waals surface area contributed by atoms with Crippen molar-refractivity contribution in [2.45, 2.75) is 32.2 Å². The molecule has 2 heterocycles. The van der Waals surface area contributed by atoms with Crippen LogP contribution < -0.4 is 4.90 Å². The van der Waals surface area contributed by atoms with Crippen LogP contribution in [0.3, 0.4) is 0 Å². The average molecular weight is 422 g/mol. The van der Waals surface area contributed by atoms with Crippen LogP contribution in [-0.2, 0) is 16.0 Å². The molecular formula is C23H23FN4O3. The van der Waals surface area contributed by atoms with E-state index in [1.54, 1.807) is 25.2 Å². The molecule has 1 aromatic heterocycles. The first kappa shape index (κ1) is 20.7. The van der Waals surface area contributed by atoms with Gasteiger partial charge in [0.1, 0.15) is 11.9 Å². The average Bonchev–Trinajstić information content (AvgIpc) is 3.39. The molecule has 4 rings (SSSR count). The second-order valence-electron chi connectivity index (χ2n) is 7.62. The number of benzene rings is 2. The lowest BCUT2D eigenvalue weighted by atomic mass is 10.1. The van der Waals surface area contributed by atoms with Crippen molar-refractivity contribution in [3.8, 4) is 11.5 Å². The third-order valence-electron chi connectivity index (χ3n) is 5.50. The Labute approximate surface area is 179 Å². The number of carbonyl (C=O) groups is 2. The van der Waals surface area contributed by atoms with Crippen molar-refractivity contribution in [1.82, 2.24) is 15.1 Å². The van der Waals surface area contributed by atoms with Crippen LogP contribution in [0, 0.1) is 12.7 Å². The maximum Gasteiger partial charge on any atom is 0.249 e. The summed E-state index contributed by atoms with van der Waals surface area (Å²) in [6, 6.07) is 13.3. The van der Waals surface area contributed by atoms with Crippen LogP contribution in [0.25, 0.3) is 11.5 Å². The number of amides is 2. The van der Waals surface area contributed by atoms with Crippen LogP contribution in [0.2, 0.25) is 0 Å². The van der Waals surface area contributed by atoms with Gasteiger partial charge in [-0.15, -0.1) is 10.2 Å². The van der Waals surface area contributed by atoms with Gasteiger partial charge in [0.05, 0.1) is 5.69 Å². The number of likely N-dealkylation sites (N-methyl/N-ethyl adjacent to an activating group) is 1. The lowest BCUT2D eigenvalue weighted by Crippen LogP contribution is -2.43. The van der Waals surface area contributed by atoms with Crippen molar-refractivity contribution >= 4 is 17.5 Å². The summed E-state index contributed by atoms with van der Waals surface area (Å²) >= 11 is 0. The zero-order chi connectivity index (χ0) is 22.0. The van der Waals surface area contributed by atoms with Gasteiger partial charge >= 0.3 is 0 Å². The first-order chi connectivity index (χ1) is 14.9. The molecule has 1 unspecified atom stereocenters. The molecule has 2 amide bonds. The predicted molar refractivity (Wildman–Crippen MR) is 113 cm³/mol. The van der Waals surface area contributed by atoms with Gasteiger partial charge in [0.25, 0.3) is 0 Å². The summed E-state index contributed by atoms with van der Waals surface area (Å²) < 4.78 is 19.7. The predicted octanol–water partition coefficient (Wildman–Crippen LogP) is 3.38. The van der Waals surface area contributed by atoms with Gasteiger partial charge in [-0.05, 0) is 37.6 Å². The number of hydrogen-bond donors (Lipinski definition) is 0. The molecule has 1 aliphatic rings. The Kier molecular flexibility index (Phi) is 5.79. The van der Waals surface area contributed by atoms with E-state index in [2.05, 4.69) is 10.2 Å². The number of anilines is 1. The number of halogens is 1. The molecule has 31 heavy (non-hydrogen) atoms. The van der Waals surface area contributed by atoms with Gasteiger partial charge in [-0.25, -0.2) is 4.39 Å². The highest BCUT2D eigenvalue weighted by Gasteiger charge is 2.37. The molecule has 0 saturated carbocycles. The minimum absolute atomic E-state index is 0.134. The lowest BCUT2D eigenvalue weighted by Gasteiger charge is -2.24. The monoisotopic (exact) mass is 422 g/mol. The Bertz CT molecular complexity index is 1100. The number of hydrogen-bond acceptors (Lipinski definition) is 5. The summed E-state index contributed by atoms with van der Waals surface area (Å²) in [5, 5.41) is 8.06. The van der Waals surface area contributed by atoms with Gasteiger partial charge in [0, 0.05) is 32.0 Å². The molecule has 0 bridgehead atoms. The second-order valence-corrected chi connectivity index (χ2v) is 7.62. The zero-order valence-electron chi connectivity index (χ0n) is 17.4. The van der Waals surface area contributed by atoms with Crippen LogP contribution in [0.1, 0.15) is 24.3 Å². The molecule has 0 radical (unpaired) electrons. The van der Waals surface area contributed by atoms with Crippen molar-refractivity contribution in [2.24, 2.45) is 0 Å². The van der Waals surface area contributed by atoms with Crippen LogP contribution in [0.5, 0.6) is 0 Å². The highest BCUT2D eigenvalue weighted by Crippen LogP contribution is 2.26. The van der Waals surface area contributed by atoms with Crippen LogP contribution >= 0.6 is 0 Å². The molecule has 1 fully saturated rings. The van der Waals surface area contributed by atoms with E-state index in [0.717, 1.165) is 11.1 Å². The normalized spacial score (nSPS) is 16.0. The van der Waals surface area contributed by atoms with Crippen LogP contribution in [0.4, 0.5) is 10.1 Å². The van der Waals surface area contributed by atoms with Crippen molar-refractivity contribution in [2.75, 3.05) is 18.5 Å². The van der Waals surface area contributed by atoms with Gasteiger partial charge in [-0.3, -0.25) is 9.59 Å². The maximum atomic E-state index is 14.1. The Morgan fingerprint density at radius 3 is 2.68 bits per heavy atom. The summed E-state index contributed by atoms with van der Waals surface area (Å²) in [5.41, 5.74) is 2.19. The van der Waals surface area contributed by atoms with E-state index in [1.165, 1.54) is 15.9 Å². The van der Waals surface area contributed by atoms with Gasteiger partial charge in [-0.2, -0.15) is 0 Å². The van der Waals surface area contributed by atoms with Crippen molar-refractivity contribution in [3.63, 3.8) is 0 Å². The number of para-hydroxylation sites is 1. The molecular weight excluding hydrogens is 399 g/mol. The Balaban J connectivity index is 1.36. The van der Waals surface area contributed by atoms with Crippen LogP contribution in [-0.4, -0.2) is 46.5 Å². The molecule has 1 aliphatic heterocycles. The fraction of sp³-hybridized carbons (Fsp3) is 0.304. The topological polar surface area (TPSA) is 79.5 Å². The molecule has 0 aliphatic carbocycles. The van der Waals surface area contributed by atoms with E-state index >= 15 is 0 Å². The summed E-state index contributed by atoms with van der Waals surface area (Å²) in [6.45, 7) is 2.36. The highest BCUT2D eigenvalue weighted by molar-refractivity contribution is 6.01. The van der Waals surface area contributed by atoms with Crippen molar-refractivity contribution < 1.29 is 18.4 Å². The number of carbonyl (C=O) groups excluding carboxylic acids is 2. The third-order valence-corrected chi connectivity index (χ3v) is 5.50. The largest absolute Gasteiger partial charge is 0.421 e. The second kappa shape index (κ2) is 8.67. The standard InChI is InChI=1S/C23H23FN4O3/c1-15-7-9-16(10-8-15)22-26-25-20(31-22)11-12-21(29)27(2)19-13-14-28(23(19)30)18-6-4-3-5-17(18)24/h3-10,19H,11-14H2,1-2H3. The Morgan fingerprint density at radius 2 is 1.94 bits per heavy atom. The molecule has 1 atom stereocenters. The number of aryl methyl sites for hydroxylation is 2. The van der Waals surface area contributed by atoms with E-state index in [1.807, 2.05) is 31.2 Å². The lowest BCUT2D eigenvalue weighted by molar-refractivity contribution is -0.136. The fourth-order valence-corrected chi connectivity index (χ4v) is 3.67. The Hall–Kier alpha value is -3.55. The van der Waals surface area contributed by atoms with Gasteiger partial charge in [-0.1, -0.05) is 29.8 Å². The van der Waals surface area contributed by atoms with Crippen molar-refractivity contribution in [3.05, 3.63) is 65.8 Å². The molecule has 8 heteroatoms. The third kappa shape index (κ3) is 4.33. The van der Waals surface area contributed by atoms with E-state index < -0.39 is 11.9 Å². The number of rotatable bonds is 6. The smallest absolute Gasteiger partial charge is 0.249 e. The van der Waals surface area contributed by atoms with E-state index in [4.69, 9.17) is 4.42 Å². The minimum atomic E-state index is -0.613. The molecule has 7 nitrogen and oxygen atoms in total. The molecule has 160 valence electrons. The molecule has 1 saturated heterocycles. The summed E-state index contributed by atoms with van der Waals surface area (Å²) in [5.74, 6) is -0.166. The molecule has 2 aromatic carbocycles. The number of aromatic nitrogens is 2. The summed E-state index contributed by atoms with van der Waals surface area (Å²) in [6.07, 6.45) is 0.864. The van der Waals surface area contributed by atoms with E-state index in [-0.39, 0.29) is 30.3 Å². The zero-order valence-corrected chi connectivity index (χ0v) is 17.4. The van der Waals surface area contributed by atoms with Gasteiger partial charge in [0.15, 0.2) is 0 Å². The van der Waals surface area contributed by atoms with E-state index in [9.17, 15) is 14.0 Å². The maximum absolute atomic E-state index is 14.1. The Morgan fingerprint density at radius 1 is 1.19 bits per heavy atom.